The zero-order valence-corrected chi connectivity index (χ0v) is 14.4. The zero-order valence-electron chi connectivity index (χ0n) is 13.5. The number of nitriles is 1. The minimum absolute atomic E-state index is 0.0273. The summed E-state index contributed by atoms with van der Waals surface area (Å²) in [5, 5.41) is 9.56. The topological polar surface area (TPSA) is 85.3 Å². The van der Waals surface area contributed by atoms with E-state index in [9.17, 15) is 10.1 Å². The second kappa shape index (κ2) is 6.02. The Morgan fingerprint density at radius 1 is 1.42 bits per heavy atom. The summed E-state index contributed by atoms with van der Waals surface area (Å²) in [7, 11) is 1.33. The van der Waals surface area contributed by atoms with Crippen LogP contribution >= 0.6 is 11.3 Å². The van der Waals surface area contributed by atoms with Crippen molar-refractivity contribution in [2.24, 2.45) is 5.73 Å². The molecule has 0 fully saturated rings. The Kier molecular flexibility index (Phi) is 4.04. The highest BCUT2D eigenvalue weighted by atomic mass is 32.1. The van der Waals surface area contributed by atoms with Gasteiger partial charge in [-0.25, -0.2) is 4.79 Å². The summed E-state index contributed by atoms with van der Waals surface area (Å²) in [5.74, 6) is -0.395. The summed E-state index contributed by atoms with van der Waals surface area (Å²) in [6.07, 6.45) is 0. The number of fused-ring (bicyclic) bond motifs is 1. The van der Waals surface area contributed by atoms with Crippen molar-refractivity contribution in [1.29, 1.82) is 5.26 Å². The van der Waals surface area contributed by atoms with Crippen molar-refractivity contribution in [1.82, 2.24) is 0 Å². The van der Waals surface area contributed by atoms with E-state index in [4.69, 9.17) is 15.2 Å². The fourth-order valence-corrected chi connectivity index (χ4v) is 4.12. The number of rotatable bonds is 2. The number of carbonyl (C=O) groups is 1. The Morgan fingerprint density at radius 2 is 2.17 bits per heavy atom. The maximum Gasteiger partial charge on any atom is 0.342 e. The Balaban J connectivity index is 2.26. The van der Waals surface area contributed by atoms with Gasteiger partial charge in [0.05, 0.1) is 17.9 Å². The third-order valence-corrected chi connectivity index (χ3v) is 5.13. The number of methoxy groups -OCH3 is 1. The number of allylic oxidation sites excluding steroid dienone is 1. The lowest BCUT2D eigenvalue weighted by molar-refractivity contribution is 0.0597. The van der Waals surface area contributed by atoms with Gasteiger partial charge in [-0.15, -0.1) is 11.3 Å². The number of ether oxygens (including phenoxy) is 2. The third kappa shape index (κ3) is 2.43. The van der Waals surface area contributed by atoms with Crippen molar-refractivity contribution in [3.05, 3.63) is 62.2 Å². The van der Waals surface area contributed by atoms with Crippen LogP contribution in [0, 0.1) is 25.2 Å². The van der Waals surface area contributed by atoms with Crippen LogP contribution in [0.1, 0.15) is 37.2 Å². The van der Waals surface area contributed by atoms with E-state index < -0.39 is 5.97 Å². The molecule has 122 valence electrons. The molecule has 5 nitrogen and oxygen atoms in total. The van der Waals surface area contributed by atoms with Crippen LogP contribution in [-0.4, -0.2) is 13.1 Å². The lowest BCUT2D eigenvalue weighted by atomic mass is 9.87. The number of thiophene rings is 1. The van der Waals surface area contributed by atoms with Gasteiger partial charge in [0.1, 0.15) is 17.2 Å². The molecule has 0 aliphatic carbocycles. The van der Waals surface area contributed by atoms with Crippen molar-refractivity contribution in [3.63, 3.8) is 0 Å². The second-order valence-corrected chi connectivity index (χ2v) is 6.81. The molecular weight excluding hydrogens is 324 g/mol. The predicted molar refractivity (Wildman–Crippen MR) is 90.9 cm³/mol. The molecule has 6 heteroatoms. The Morgan fingerprint density at radius 3 is 2.79 bits per heavy atom. The van der Waals surface area contributed by atoms with Crippen LogP contribution in [-0.2, 0) is 4.74 Å². The van der Waals surface area contributed by atoms with Crippen molar-refractivity contribution in [3.8, 4) is 11.8 Å². The molecule has 0 saturated heterocycles. The highest BCUT2D eigenvalue weighted by molar-refractivity contribution is 7.12. The van der Waals surface area contributed by atoms with Crippen LogP contribution in [0.4, 0.5) is 0 Å². The van der Waals surface area contributed by atoms with Gasteiger partial charge in [0, 0.05) is 4.88 Å². The van der Waals surface area contributed by atoms with Crippen LogP contribution in [0.15, 0.2) is 35.7 Å². The van der Waals surface area contributed by atoms with Gasteiger partial charge in [-0.2, -0.15) is 5.26 Å². The molecule has 0 radical (unpaired) electrons. The van der Waals surface area contributed by atoms with E-state index in [0.29, 0.717) is 16.9 Å². The molecule has 1 aliphatic heterocycles. The summed E-state index contributed by atoms with van der Waals surface area (Å²) in [6, 6.07) is 10.0. The summed E-state index contributed by atoms with van der Waals surface area (Å²) in [5.41, 5.74) is 8.72. The molecular formula is C18H16N2O3S. The molecule has 1 aromatic carbocycles. The van der Waals surface area contributed by atoms with Gasteiger partial charge in [0.2, 0.25) is 5.88 Å². The monoisotopic (exact) mass is 340 g/mol. The quantitative estimate of drug-likeness (QED) is 0.847. The highest BCUT2D eigenvalue weighted by Crippen LogP contribution is 2.49. The Bertz CT molecular complexity index is 905. The minimum atomic E-state index is -0.471. The van der Waals surface area contributed by atoms with Gasteiger partial charge in [-0.3, -0.25) is 0 Å². The van der Waals surface area contributed by atoms with Gasteiger partial charge in [-0.1, -0.05) is 29.8 Å². The number of nitrogens with zero attached hydrogens (tertiary/aromatic N) is 1. The van der Waals surface area contributed by atoms with Crippen LogP contribution in [0.3, 0.4) is 0 Å². The Hall–Kier alpha value is -2.78. The van der Waals surface area contributed by atoms with E-state index in [1.807, 2.05) is 38.1 Å². The van der Waals surface area contributed by atoms with Crippen LogP contribution in [0.2, 0.25) is 0 Å². The molecule has 1 atom stereocenters. The normalized spacial score (nSPS) is 16.2. The van der Waals surface area contributed by atoms with E-state index in [0.717, 1.165) is 20.9 Å². The molecule has 1 aromatic heterocycles. The van der Waals surface area contributed by atoms with Crippen molar-refractivity contribution < 1.29 is 14.3 Å². The molecule has 3 rings (SSSR count). The van der Waals surface area contributed by atoms with Crippen molar-refractivity contribution in [2.75, 3.05) is 7.11 Å². The molecule has 1 aliphatic rings. The molecule has 0 bridgehead atoms. The van der Waals surface area contributed by atoms with Crippen LogP contribution < -0.4 is 10.5 Å². The number of carbonyl (C=O) groups excluding carboxylic acids is 1. The van der Waals surface area contributed by atoms with Crippen molar-refractivity contribution in [2.45, 2.75) is 19.8 Å². The van der Waals surface area contributed by atoms with Gasteiger partial charge in [0.15, 0.2) is 5.75 Å². The lowest BCUT2D eigenvalue weighted by Gasteiger charge is -2.24. The van der Waals surface area contributed by atoms with E-state index in [-0.39, 0.29) is 11.8 Å². The SMILES string of the molecule is COC(=O)c1c(C)sc2c1OC(N)=C(C#N)[C@H]2c1cccc(C)c1. The summed E-state index contributed by atoms with van der Waals surface area (Å²) >= 11 is 1.42. The smallest absolute Gasteiger partial charge is 0.342 e. The summed E-state index contributed by atoms with van der Waals surface area (Å²) in [6.45, 7) is 3.82. The van der Waals surface area contributed by atoms with Gasteiger partial charge >= 0.3 is 5.97 Å². The fraction of sp³-hybridized carbons (Fsp3) is 0.222. The molecule has 2 aromatic rings. The van der Waals surface area contributed by atoms with Crippen LogP contribution in [0.5, 0.6) is 5.75 Å². The molecule has 0 unspecified atom stereocenters. The highest BCUT2D eigenvalue weighted by Gasteiger charge is 2.36. The van der Waals surface area contributed by atoms with Crippen molar-refractivity contribution >= 4 is 17.3 Å². The number of benzene rings is 1. The van der Waals surface area contributed by atoms with Gasteiger partial charge in [-0.05, 0) is 19.4 Å². The largest absolute Gasteiger partial charge is 0.465 e. The Labute approximate surface area is 143 Å². The standard InChI is InChI=1S/C18H16N2O3S/c1-9-5-4-6-11(7-9)14-12(8-19)17(20)23-15-13(18(21)22-3)10(2)24-16(14)15/h4-7,14H,20H2,1-3H3/t14-/m1/s1. The predicted octanol–water partition coefficient (Wildman–Crippen LogP) is 3.37. The molecule has 0 saturated carbocycles. The molecule has 0 spiro atoms. The average molecular weight is 340 g/mol. The first kappa shape index (κ1) is 16.1. The third-order valence-electron chi connectivity index (χ3n) is 3.98. The maximum absolute atomic E-state index is 12.1. The lowest BCUT2D eigenvalue weighted by Crippen LogP contribution is -2.21. The first-order valence-electron chi connectivity index (χ1n) is 7.33. The van der Waals surface area contributed by atoms with E-state index in [1.165, 1.54) is 18.4 Å². The van der Waals surface area contributed by atoms with E-state index >= 15 is 0 Å². The second-order valence-electron chi connectivity index (χ2n) is 5.56. The van der Waals surface area contributed by atoms with Crippen LogP contribution in [0.25, 0.3) is 0 Å². The number of hydrogen-bond acceptors (Lipinski definition) is 6. The minimum Gasteiger partial charge on any atom is -0.465 e. The number of aryl methyl sites for hydroxylation is 2. The molecule has 24 heavy (non-hydrogen) atoms. The average Bonchev–Trinajstić information content (AvgIpc) is 2.88. The molecule has 0 amide bonds. The summed E-state index contributed by atoms with van der Waals surface area (Å²) < 4.78 is 10.5. The molecule has 2 N–H and O–H groups in total. The van der Waals surface area contributed by atoms with Gasteiger partial charge < -0.3 is 15.2 Å². The number of esters is 1. The first-order valence-corrected chi connectivity index (χ1v) is 8.15. The fourth-order valence-electron chi connectivity index (χ4n) is 2.90. The van der Waals surface area contributed by atoms with E-state index in [1.54, 1.807) is 0 Å². The zero-order chi connectivity index (χ0) is 17.4. The van der Waals surface area contributed by atoms with Gasteiger partial charge in [0.25, 0.3) is 0 Å². The number of nitrogens with two attached hydrogens (primary N) is 1. The first-order chi connectivity index (χ1) is 11.5. The summed E-state index contributed by atoms with van der Waals surface area (Å²) in [4.78, 5) is 13.7. The maximum atomic E-state index is 12.1. The molecule has 2 heterocycles. The van der Waals surface area contributed by atoms with E-state index in [2.05, 4.69) is 6.07 Å². The number of hydrogen-bond donors (Lipinski definition) is 1.